The van der Waals surface area contributed by atoms with Gasteiger partial charge >= 0.3 is 0 Å². The Kier molecular flexibility index (Phi) is 6.93. The van der Waals surface area contributed by atoms with Gasteiger partial charge in [-0.2, -0.15) is 0 Å². The summed E-state index contributed by atoms with van der Waals surface area (Å²) in [6.45, 7) is 1.47. The highest BCUT2D eigenvalue weighted by Crippen LogP contribution is 2.27. The molecule has 2 aromatic carbocycles. The summed E-state index contributed by atoms with van der Waals surface area (Å²) in [6.07, 6.45) is 4.93. The number of benzene rings is 2. The Morgan fingerprint density at radius 1 is 1.04 bits per heavy atom. The van der Waals surface area contributed by atoms with Crippen LogP contribution in [0.1, 0.15) is 36.8 Å². The van der Waals surface area contributed by atoms with Crippen LogP contribution in [-0.2, 0) is 13.1 Å². The third-order valence-corrected chi connectivity index (χ3v) is 5.54. The average Bonchev–Trinajstić information content (AvgIpc) is 3.25. The number of rotatable bonds is 7. The van der Waals surface area contributed by atoms with E-state index in [0.717, 1.165) is 23.2 Å². The summed E-state index contributed by atoms with van der Waals surface area (Å²) in [7, 11) is 3.40. The molecule has 4 nitrogen and oxygen atoms in total. The van der Waals surface area contributed by atoms with E-state index < -0.39 is 0 Å². The first-order chi connectivity index (χ1) is 13.2. The Labute approximate surface area is 167 Å². The lowest BCUT2D eigenvalue weighted by atomic mass is 10.1. The molecule has 1 aliphatic rings. The molecule has 0 aliphatic heterocycles. The summed E-state index contributed by atoms with van der Waals surface area (Å²) < 4.78 is 10.8. The summed E-state index contributed by atoms with van der Waals surface area (Å²) in [5, 5.41) is 4.26. The van der Waals surface area contributed by atoms with Crippen LogP contribution in [0.2, 0.25) is 0 Å². The van der Waals surface area contributed by atoms with Gasteiger partial charge in [0.1, 0.15) is 11.5 Å². The van der Waals surface area contributed by atoms with Crippen LogP contribution in [0.15, 0.2) is 48.5 Å². The zero-order valence-electron chi connectivity index (χ0n) is 16.1. The first-order valence-corrected chi connectivity index (χ1v) is 9.91. The Morgan fingerprint density at radius 2 is 1.74 bits per heavy atom. The molecule has 0 heterocycles. The largest absolute Gasteiger partial charge is 0.497 e. The van der Waals surface area contributed by atoms with E-state index in [-0.39, 0.29) is 0 Å². The Hall–Kier alpha value is -2.27. The molecule has 0 saturated heterocycles. The molecule has 0 amide bonds. The van der Waals surface area contributed by atoms with Gasteiger partial charge in [-0.3, -0.25) is 0 Å². The van der Waals surface area contributed by atoms with Gasteiger partial charge in [-0.15, -0.1) is 0 Å². The predicted molar refractivity (Wildman–Crippen MR) is 113 cm³/mol. The van der Waals surface area contributed by atoms with Crippen molar-refractivity contribution < 1.29 is 9.47 Å². The second-order valence-electron chi connectivity index (χ2n) is 6.88. The summed E-state index contributed by atoms with van der Waals surface area (Å²) in [6, 6.07) is 16.8. The fraction of sp³-hybridized carbons (Fsp3) is 0.409. The van der Waals surface area contributed by atoms with Crippen LogP contribution in [-0.4, -0.2) is 30.3 Å². The third kappa shape index (κ3) is 5.13. The van der Waals surface area contributed by atoms with E-state index in [9.17, 15) is 0 Å². The van der Waals surface area contributed by atoms with Crippen LogP contribution in [0.3, 0.4) is 0 Å². The molecule has 1 saturated carbocycles. The molecule has 0 unspecified atom stereocenters. The fourth-order valence-corrected chi connectivity index (χ4v) is 3.91. The highest BCUT2D eigenvalue weighted by atomic mass is 32.1. The number of hydrogen-bond donors (Lipinski definition) is 1. The number of para-hydroxylation sites is 1. The van der Waals surface area contributed by atoms with Gasteiger partial charge in [-0.1, -0.05) is 43.2 Å². The van der Waals surface area contributed by atoms with Gasteiger partial charge in [0.2, 0.25) is 0 Å². The van der Waals surface area contributed by atoms with Crippen LogP contribution < -0.4 is 14.8 Å². The van der Waals surface area contributed by atoms with Gasteiger partial charge in [-0.25, -0.2) is 0 Å². The van der Waals surface area contributed by atoms with Crippen molar-refractivity contribution >= 4 is 17.3 Å². The van der Waals surface area contributed by atoms with Crippen molar-refractivity contribution in [2.45, 2.75) is 44.8 Å². The number of thiocarbonyl (C=S) groups is 1. The molecule has 0 bridgehead atoms. The van der Waals surface area contributed by atoms with Crippen molar-refractivity contribution in [3.8, 4) is 11.5 Å². The smallest absolute Gasteiger partial charge is 0.169 e. The number of methoxy groups -OCH3 is 2. The van der Waals surface area contributed by atoms with Crippen molar-refractivity contribution in [2.24, 2.45) is 0 Å². The first kappa shape index (κ1) is 19.5. The van der Waals surface area contributed by atoms with Gasteiger partial charge in [0.15, 0.2) is 5.11 Å². The minimum absolute atomic E-state index is 0.491. The van der Waals surface area contributed by atoms with E-state index in [1.807, 2.05) is 24.3 Å². The third-order valence-electron chi connectivity index (χ3n) is 5.16. The molecule has 3 rings (SSSR count). The summed E-state index contributed by atoms with van der Waals surface area (Å²) in [5.41, 5.74) is 2.35. The van der Waals surface area contributed by atoms with Crippen LogP contribution >= 0.6 is 12.2 Å². The van der Waals surface area contributed by atoms with E-state index in [4.69, 9.17) is 21.7 Å². The van der Waals surface area contributed by atoms with E-state index in [0.29, 0.717) is 12.6 Å². The molecule has 0 atom stereocenters. The highest BCUT2D eigenvalue weighted by molar-refractivity contribution is 7.80. The monoisotopic (exact) mass is 384 g/mol. The lowest BCUT2D eigenvalue weighted by molar-refractivity contribution is 0.297. The highest BCUT2D eigenvalue weighted by Gasteiger charge is 2.25. The van der Waals surface area contributed by atoms with E-state index in [1.165, 1.54) is 36.8 Å². The lowest BCUT2D eigenvalue weighted by Crippen LogP contribution is -2.44. The minimum Gasteiger partial charge on any atom is -0.497 e. The standard InChI is InChI=1S/C22H28N2O2S/c1-25-20-13-11-17(12-14-20)15-23-22(27)24(19-8-4-5-9-19)16-18-7-3-6-10-21(18)26-2/h3,6-7,10-14,19H,4-5,8-9,15-16H2,1-2H3,(H,23,27). The van der Waals surface area contributed by atoms with Crippen LogP contribution in [0.4, 0.5) is 0 Å². The van der Waals surface area contributed by atoms with Gasteiger partial charge in [0, 0.05) is 24.7 Å². The van der Waals surface area contributed by atoms with Crippen LogP contribution in [0.25, 0.3) is 0 Å². The van der Waals surface area contributed by atoms with Crippen molar-refractivity contribution in [2.75, 3.05) is 14.2 Å². The average molecular weight is 385 g/mol. The molecule has 1 fully saturated rings. The molecule has 1 aliphatic carbocycles. The number of nitrogens with one attached hydrogen (secondary N) is 1. The zero-order chi connectivity index (χ0) is 19.1. The quantitative estimate of drug-likeness (QED) is 0.710. The summed E-state index contributed by atoms with van der Waals surface area (Å²) in [4.78, 5) is 2.34. The molecule has 2 aromatic rings. The van der Waals surface area contributed by atoms with Crippen molar-refractivity contribution in [3.05, 3.63) is 59.7 Å². The lowest BCUT2D eigenvalue weighted by Gasteiger charge is -2.32. The molecule has 0 aromatic heterocycles. The summed E-state index contributed by atoms with van der Waals surface area (Å²) >= 11 is 5.79. The second-order valence-corrected chi connectivity index (χ2v) is 7.27. The molecular weight excluding hydrogens is 356 g/mol. The second kappa shape index (κ2) is 9.60. The van der Waals surface area contributed by atoms with Crippen molar-refractivity contribution in [3.63, 3.8) is 0 Å². The van der Waals surface area contributed by atoms with E-state index >= 15 is 0 Å². The molecule has 5 heteroatoms. The molecule has 0 radical (unpaired) electrons. The first-order valence-electron chi connectivity index (χ1n) is 9.50. The normalized spacial score (nSPS) is 14.0. The molecule has 0 spiro atoms. The maximum atomic E-state index is 5.79. The molecule has 144 valence electrons. The van der Waals surface area contributed by atoms with Crippen molar-refractivity contribution in [1.29, 1.82) is 0 Å². The minimum atomic E-state index is 0.491. The number of hydrogen-bond acceptors (Lipinski definition) is 3. The van der Waals surface area contributed by atoms with Gasteiger partial charge in [-0.05, 0) is 48.8 Å². The zero-order valence-corrected chi connectivity index (χ0v) is 16.9. The van der Waals surface area contributed by atoms with Crippen LogP contribution in [0.5, 0.6) is 11.5 Å². The van der Waals surface area contributed by atoms with Gasteiger partial charge in [0.25, 0.3) is 0 Å². The fourth-order valence-electron chi connectivity index (χ4n) is 3.62. The van der Waals surface area contributed by atoms with Gasteiger partial charge in [0.05, 0.1) is 14.2 Å². The number of nitrogens with zero attached hydrogens (tertiary/aromatic N) is 1. The van der Waals surface area contributed by atoms with E-state index in [2.05, 4.69) is 34.5 Å². The van der Waals surface area contributed by atoms with Gasteiger partial charge < -0.3 is 19.7 Å². The maximum Gasteiger partial charge on any atom is 0.169 e. The topological polar surface area (TPSA) is 33.7 Å². The molecule has 27 heavy (non-hydrogen) atoms. The summed E-state index contributed by atoms with van der Waals surface area (Å²) in [5.74, 6) is 1.78. The van der Waals surface area contributed by atoms with Crippen LogP contribution in [0, 0.1) is 0 Å². The van der Waals surface area contributed by atoms with Crippen molar-refractivity contribution in [1.82, 2.24) is 10.2 Å². The Bertz CT molecular complexity index is 742. The SMILES string of the molecule is COc1ccc(CNC(=S)N(Cc2ccccc2OC)C2CCCC2)cc1. The Balaban J connectivity index is 1.69. The maximum absolute atomic E-state index is 5.79. The van der Waals surface area contributed by atoms with E-state index in [1.54, 1.807) is 14.2 Å². The predicted octanol–water partition coefficient (Wildman–Crippen LogP) is 4.52. The Morgan fingerprint density at radius 3 is 2.41 bits per heavy atom. The number of ether oxygens (including phenoxy) is 2. The molecule has 1 N–H and O–H groups in total. The molecular formula is C22H28N2O2S.